The van der Waals surface area contributed by atoms with E-state index in [9.17, 15) is 0 Å². The highest BCUT2D eigenvalue weighted by Crippen LogP contribution is 2.51. The molecule has 8 heteroatoms. The van der Waals surface area contributed by atoms with Crippen LogP contribution in [0.1, 0.15) is 28.8 Å². The van der Waals surface area contributed by atoms with Gasteiger partial charge in [0.1, 0.15) is 30.0 Å². The van der Waals surface area contributed by atoms with Crippen LogP contribution in [0.5, 0.6) is 11.5 Å². The predicted octanol–water partition coefficient (Wildman–Crippen LogP) is 6.15. The summed E-state index contributed by atoms with van der Waals surface area (Å²) in [5, 5.41) is 9.28. The van der Waals surface area contributed by atoms with Gasteiger partial charge in [0.25, 0.3) is 0 Å². The number of hydrogen-bond acceptors (Lipinski definition) is 5. The van der Waals surface area contributed by atoms with Gasteiger partial charge in [-0.1, -0.05) is 47.5 Å². The second kappa shape index (κ2) is 7.83. The minimum absolute atomic E-state index is 0.263. The number of halogens is 2. The van der Waals surface area contributed by atoms with Crippen molar-refractivity contribution in [3.8, 4) is 11.5 Å². The Morgan fingerprint density at radius 2 is 1.79 bits per heavy atom. The Kier molecular flexibility index (Phi) is 4.78. The van der Waals surface area contributed by atoms with Gasteiger partial charge >= 0.3 is 0 Å². The average molecular weight is 477 g/mol. The molecular formula is C25H18Cl2N4O2. The van der Waals surface area contributed by atoms with Crippen molar-refractivity contribution in [2.45, 2.75) is 12.1 Å². The van der Waals surface area contributed by atoms with Crippen molar-refractivity contribution >= 4 is 34.8 Å². The summed E-state index contributed by atoms with van der Waals surface area (Å²) in [5.74, 6) is 2.16. The standard InChI is InChI=1S/C25H18Cl2N4O2/c1-32-18-8-5-14(6-9-18)23-21-22(30-25-28-13-29-31(23)25)19-12-17(27)7-10-20(19)33-24(21)15-3-2-4-16(26)11-15/h2-13,23-24H,1H3,(H,28,29,30). The van der Waals surface area contributed by atoms with E-state index in [4.69, 9.17) is 32.7 Å². The molecule has 0 spiro atoms. The number of hydrogen-bond donors (Lipinski definition) is 1. The van der Waals surface area contributed by atoms with E-state index in [0.29, 0.717) is 16.0 Å². The zero-order valence-electron chi connectivity index (χ0n) is 17.5. The van der Waals surface area contributed by atoms with Gasteiger partial charge in [-0.25, -0.2) is 4.68 Å². The molecule has 0 aliphatic carbocycles. The third-order valence-corrected chi connectivity index (χ3v) is 6.43. The van der Waals surface area contributed by atoms with E-state index in [1.54, 1.807) is 13.4 Å². The van der Waals surface area contributed by atoms with E-state index in [1.807, 2.05) is 71.4 Å². The van der Waals surface area contributed by atoms with Gasteiger partial charge in [-0.15, -0.1) is 0 Å². The highest BCUT2D eigenvalue weighted by molar-refractivity contribution is 6.31. The van der Waals surface area contributed by atoms with Crippen LogP contribution in [0.4, 0.5) is 5.95 Å². The zero-order valence-corrected chi connectivity index (χ0v) is 19.0. The van der Waals surface area contributed by atoms with Crippen molar-refractivity contribution in [1.82, 2.24) is 14.8 Å². The van der Waals surface area contributed by atoms with Gasteiger partial charge < -0.3 is 14.8 Å². The SMILES string of the molecule is COc1ccc(C2C3=C(Nc4ncnn42)c2cc(Cl)ccc2OC3c2cccc(Cl)c2)cc1. The van der Waals surface area contributed by atoms with Gasteiger partial charge in [-0.2, -0.15) is 10.1 Å². The first-order valence-corrected chi connectivity index (χ1v) is 11.1. The molecule has 2 aliphatic heterocycles. The van der Waals surface area contributed by atoms with Crippen LogP contribution in [-0.2, 0) is 0 Å². The first kappa shape index (κ1) is 20.1. The van der Waals surface area contributed by atoms with E-state index in [-0.39, 0.29) is 6.04 Å². The number of anilines is 1. The number of nitrogens with one attached hydrogen (secondary N) is 1. The largest absolute Gasteiger partial charge is 0.497 e. The van der Waals surface area contributed by atoms with E-state index in [2.05, 4.69) is 15.4 Å². The predicted molar refractivity (Wildman–Crippen MR) is 128 cm³/mol. The van der Waals surface area contributed by atoms with E-state index < -0.39 is 6.10 Å². The third kappa shape index (κ3) is 3.34. The van der Waals surface area contributed by atoms with Crippen molar-refractivity contribution in [3.05, 3.63) is 105 Å². The van der Waals surface area contributed by atoms with Crippen molar-refractivity contribution in [2.24, 2.45) is 0 Å². The summed E-state index contributed by atoms with van der Waals surface area (Å²) < 4.78 is 13.8. The van der Waals surface area contributed by atoms with Gasteiger partial charge in [-0.3, -0.25) is 0 Å². The molecule has 0 amide bonds. The normalized spacial score (nSPS) is 18.5. The summed E-state index contributed by atoms with van der Waals surface area (Å²) in [4.78, 5) is 4.45. The Hall–Kier alpha value is -3.48. The molecular weight excluding hydrogens is 459 g/mol. The highest BCUT2D eigenvalue weighted by Gasteiger charge is 2.41. The molecule has 4 aromatic rings. The van der Waals surface area contributed by atoms with Crippen LogP contribution in [0.25, 0.3) is 5.70 Å². The van der Waals surface area contributed by atoms with Crippen LogP contribution < -0.4 is 14.8 Å². The minimum atomic E-state index is -0.399. The van der Waals surface area contributed by atoms with Gasteiger partial charge in [-0.05, 0) is 53.6 Å². The Bertz CT molecular complexity index is 1400. The summed E-state index contributed by atoms with van der Waals surface area (Å²) in [7, 11) is 1.65. The first-order chi connectivity index (χ1) is 16.1. The maximum Gasteiger partial charge on any atom is 0.226 e. The summed E-state index contributed by atoms with van der Waals surface area (Å²) >= 11 is 12.7. The molecule has 0 bridgehead atoms. The maximum absolute atomic E-state index is 6.58. The molecule has 164 valence electrons. The molecule has 2 atom stereocenters. The fraction of sp³-hybridized carbons (Fsp3) is 0.120. The lowest BCUT2D eigenvalue weighted by Crippen LogP contribution is -2.32. The highest BCUT2D eigenvalue weighted by atomic mass is 35.5. The summed E-state index contributed by atoms with van der Waals surface area (Å²) in [6.45, 7) is 0. The molecule has 2 aliphatic rings. The van der Waals surface area contributed by atoms with Crippen LogP contribution in [0.3, 0.4) is 0 Å². The second-order valence-electron chi connectivity index (χ2n) is 7.85. The summed E-state index contributed by atoms with van der Waals surface area (Å²) in [6.07, 6.45) is 1.15. The Labute approximate surface area is 200 Å². The van der Waals surface area contributed by atoms with Crippen LogP contribution in [0.15, 0.2) is 78.6 Å². The number of fused-ring (bicyclic) bond motifs is 3. The Morgan fingerprint density at radius 3 is 2.58 bits per heavy atom. The Balaban J connectivity index is 1.62. The fourth-order valence-corrected chi connectivity index (χ4v) is 4.86. The summed E-state index contributed by atoms with van der Waals surface area (Å²) in [6, 6.07) is 21.0. The van der Waals surface area contributed by atoms with E-state index in [0.717, 1.165) is 39.5 Å². The monoisotopic (exact) mass is 476 g/mol. The van der Waals surface area contributed by atoms with Crippen LogP contribution in [-0.4, -0.2) is 21.9 Å². The molecule has 3 heterocycles. The molecule has 0 saturated carbocycles. The van der Waals surface area contributed by atoms with Gasteiger partial charge in [0.2, 0.25) is 5.95 Å². The minimum Gasteiger partial charge on any atom is -0.497 e. The molecule has 2 unspecified atom stereocenters. The lowest BCUT2D eigenvalue weighted by Gasteiger charge is -2.39. The molecule has 1 aromatic heterocycles. The van der Waals surface area contributed by atoms with Crippen molar-refractivity contribution in [2.75, 3.05) is 12.4 Å². The summed E-state index contributed by atoms with van der Waals surface area (Å²) in [5.41, 5.74) is 4.75. The van der Waals surface area contributed by atoms with E-state index >= 15 is 0 Å². The zero-order chi connectivity index (χ0) is 22.5. The maximum atomic E-state index is 6.58. The fourth-order valence-electron chi connectivity index (χ4n) is 4.49. The lowest BCUT2D eigenvalue weighted by atomic mass is 9.84. The van der Waals surface area contributed by atoms with Gasteiger partial charge in [0.05, 0.1) is 12.8 Å². The molecule has 6 nitrogen and oxygen atoms in total. The smallest absolute Gasteiger partial charge is 0.226 e. The molecule has 0 radical (unpaired) electrons. The molecule has 0 saturated heterocycles. The number of rotatable bonds is 3. The quantitative estimate of drug-likeness (QED) is 0.383. The van der Waals surface area contributed by atoms with Gasteiger partial charge in [0, 0.05) is 21.2 Å². The van der Waals surface area contributed by atoms with Crippen molar-refractivity contribution in [3.63, 3.8) is 0 Å². The van der Waals surface area contributed by atoms with Crippen LogP contribution >= 0.6 is 23.2 Å². The molecule has 0 fully saturated rings. The van der Waals surface area contributed by atoms with Crippen molar-refractivity contribution < 1.29 is 9.47 Å². The van der Waals surface area contributed by atoms with E-state index in [1.165, 1.54) is 0 Å². The number of aromatic nitrogens is 3. The van der Waals surface area contributed by atoms with Crippen molar-refractivity contribution in [1.29, 1.82) is 0 Å². The molecule has 6 rings (SSSR count). The number of methoxy groups -OCH3 is 1. The number of benzene rings is 3. The van der Waals surface area contributed by atoms with Crippen LogP contribution in [0.2, 0.25) is 10.0 Å². The number of nitrogens with zero attached hydrogens (tertiary/aromatic N) is 3. The topological polar surface area (TPSA) is 61.2 Å². The first-order valence-electron chi connectivity index (χ1n) is 10.4. The molecule has 33 heavy (non-hydrogen) atoms. The second-order valence-corrected chi connectivity index (χ2v) is 8.73. The third-order valence-electron chi connectivity index (χ3n) is 5.96. The average Bonchev–Trinajstić information content (AvgIpc) is 3.31. The lowest BCUT2D eigenvalue weighted by molar-refractivity contribution is 0.223. The van der Waals surface area contributed by atoms with Gasteiger partial charge in [0.15, 0.2) is 0 Å². The molecule has 1 N–H and O–H groups in total. The number of ether oxygens (including phenoxy) is 2. The van der Waals surface area contributed by atoms with Crippen LogP contribution in [0, 0.1) is 0 Å². The Morgan fingerprint density at radius 1 is 0.970 bits per heavy atom. The molecule has 3 aromatic carbocycles.